The topological polar surface area (TPSA) is 80.3 Å². The van der Waals surface area contributed by atoms with Crippen molar-refractivity contribution in [1.82, 2.24) is 0 Å². The molecule has 0 heterocycles. The number of rotatable bonds is 0. The normalized spacial score (nSPS) is 9.15. The van der Waals surface area contributed by atoms with Crippen molar-refractivity contribution < 1.29 is 34.6 Å². The third kappa shape index (κ3) is 18.5. The van der Waals surface area contributed by atoms with Crippen LogP contribution in [0, 0.1) is 6.92 Å². The van der Waals surface area contributed by atoms with Crippen LogP contribution in [-0.4, -0.2) is 17.5 Å². The maximum atomic E-state index is 8.52. The minimum atomic E-state index is -5.17. The quantitative estimate of drug-likeness (QED) is 0.381. The van der Waals surface area contributed by atoms with Crippen LogP contribution in [0.15, 0.2) is 30.3 Å². The third-order valence-electron chi connectivity index (χ3n) is 0.940. The predicted molar refractivity (Wildman–Crippen MR) is 41.7 cm³/mol. The zero-order valence-corrected chi connectivity index (χ0v) is 8.70. The zero-order chi connectivity index (χ0) is 9.61. The van der Waals surface area contributed by atoms with Crippen molar-refractivity contribution >= 4 is 10.4 Å². The van der Waals surface area contributed by atoms with E-state index < -0.39 is 10.4 Å². The zero-order valence-electron chi connectivity index (χ0n) is 6.78. The average Bonchev–Trinajstić information content (AvgIpc) is 1.85. The SMILES string of the molecule is Cc1ccccc1.O=S(=O)([O-])[O-].[Fe+2]. The Morgan fingerprint density at radius 1 is 1.08 bits per heavy atom. The van der Waals surface area contributed by atoms with Crippen LogP contribution >= 0.6 is 0 Å². The van der Waals surface area contributed by atoms with Gasteiger partial charge in [-0.15, -0.1) is 0 Å². The summed E-state index contributed by atoms with van der Waals surface area (Å²) in [6, 6.07) is 10.3. The summed E-state index contributed by atoms with van der Waals surface area (Å²) in [5.74, 6) is 0. The van der Waals surface area contributed by atoms with Crippen molar-refractivity contribution in [2.75, 3.05) is 0 Å². The van der Waals surface area contributed by atoms with Crippen LogP contribution in [0.2, 0.25) is 0 Å². The van der Waals surface area contributed by atoms with E-state index in [-0.39, 0.29) is 17.1 Å². The molecular formula is C7H8FeO4S. The maximum absolute atomic E-state index is 8.52. The molecule has 0 amide bonds. The van der Waals surface area contributed by atoms with Crippen LogP contribution in [0.1, 0.15) is 5.56 Å². The monoisotopic (exact) mass is 244 g/mol. The molecule has 1 aromatic carbocycles. The molecule has 0 aliphatic rings. The van der Waals surface area contributed by atoms with Crippen LogP contribution in [-0.2, 0) is 27.5 Å². The Morgan fingerprint density at radius 3 is 1.54 bits per heavy atom. The Morgan fingerprint density at radius 2 is 1.38 bits per heavy atom. The van der Waals surface area contributed by atoms with Gasteiger partial charge in [-0.3, -0.25) is 8.42 Å². The molecule has 0 aromatic heterocycles. The predicted octanol–water partition coefficient (Wildman–Crippen LogP) is 0.655. The first-order valence-corrected chi connectivity index (χ1v) is 4.41. The van der Waals surface area contributed by atoms with E-state index in [2.05, 4.69) is 19.1 Å². The Bertz CT molecular complexity index is 301. The first kappa shape index (κ1) is 15.1. The van der Waals surface area contributed by atoms with Crippen LogP contribution in [0.3, 0.4) is 0 Å². The minimum absolute atomic E-state index is 0. The van der Waals surface area contributed by atoms with Crippen LogP contribution in [0.5, 0.6) is 0 Å². The van der Waals surface area contributed by atoms with Crippen molar-refractivity contribution in [1.29, 1.82) is 0 Å². The van der Waals surface area contributed by atoms with Crippen LogP contribution in [0.4, 0.5) is 0 Å². The molecule has 0 unspecified atom stereocenters. The van der Waals surface area contributed by atoms with Crippen LogP contribution < -0.4 is 0 Å². The second-order valence-corrected chi connectivity index (χ2v) is 2.88. The van der Waals surface area contributed by atoms with Crippen molar-refractivity contribution in [3.63, 3.8) is 0 Å². The van der Waals surface area contributed by atoms with E-state index in [1.54, 1.807) is 0 Å². The number of benzene rings is 1. The van der Waals surface area contributed by atoms with E-state index in [0.29, 0.717) is 0 Å². The molecule has 0 fully saturated rings. The number of hydrogen-bond acceptors (Lipinski definition) is 4. The molecule has 4 nitrogen and oxygen atoms in total. The molecule has 6 heteroatoms. The van der Waals surface area contributed by atoms with E-state index in [9.17, 15) is 0 Å². The van der Waals surface area contributed by atoms with E-state index in [4.69, 9.17) is 17.5 Å². The first-order valence-electron chi connectivity index (χ1n) is 3.08. The Kier molecular flexibility index (Phi) is 8.19. The molecule has 0 aliphatic carbocycles. The van der Waals surface area contributed by atoms with Crippen molar-refractivity contribution in [2.24, 2.45) is 0 Å². The van der Waals surface area contributed by atoms with Gasteiger partial charge in [0.25, 0.3) is 0 Å². The van der Waals surface area contributed by atoms with Gasteiger partial charge in [0.15, 0.2) is 0 Å². The van der Waals surface area contributed by atoms with Gasteiger partial charge in [0.1, 0.15) is 0 Å². The first-order chi connectivity index (χ1) is 5.39. The van der Waals surface area contributed by atoms with Gasteiger partial charge in [-0.1, -0.05) is 35.9 Å². The van der Waals surface area contributed by atoms with Gasteiger partial charge in [-0.05, 0) is 6.92 Å². The summed E-state index contributed by atoms with van der Waals surface area (Å²) in [5.41, 5.74) is 1.32. The molecule has 0 spiro atoms. The molecule has 0 saturated heterocycles. The standard InChI is InChI=1S/C7H8.Fe.H2O4S/c1-7-5-3-2-4-6-7;;1-5(2,3)4/h2-6H,1H3;;(H2,1,2,3,4)/q;+2;/p-2. The summed E-state index contributed by atoms with van der Waals surface area (Å²) >= 11 is 0. The van der Waals surface area contributed by atoms with Gasteiger partial charge in [0.2, 0.25) is 0 Å². The maximum Gasteiger partial charge on any atom is 2.00 e. The molecule has 74 valence electrons. The molecule has 0 saturated carbocycles. The van der Waals surface area contributed by atoms with Gasteiger partial charge in [0.05, 0.1) is 0 Å². The van der Waals surface area contributed by atoms with E-state index in [1.807, 2.05) is 18.2 Å². The Hall–Kier alpha value is -0.391. The summed E-state index contributed by atoms with van der Waals surface area (Å²) in [7, 11) is -5.17. The van der Waals surface area contributed by atoms with Crippen molar-refractivity contribution in [2.45, 2.75) is 6.92 Å². The van der Waals surface area contributed by atoms with Gasteiger partial charge in [-0.25, -0.2) is 0 Å². The third-order valence-corrected chi connectivity index (χ3v) is 0.940. The van der Waals surface area contributed by atoms with E-state index in [1.165, 1.54) is 5.56 Å². The molecule has 0 atom stereocenters. The fraction of sp³-hybridized carbons (Fsp3) is 0.143. The molecule has 1 aromatic rings. The summed E-state index contributed by atoms with van der Waals surface area (Å²) in [5, 5.41) is 0. The molecule has 0 radical (unpaired) electrons. The van der Waals surface area contributed by atoms with Crippen LogP contribution in [0.25, 0.3) is 0 Å². The number of hydrogen-bond donors (Lipinski definition) is 0. The Balaban J connectivity index is 0. The van der Waals surface area contributed by atoms with E-state index in [0.717, 1.165) is 0 Å². The second kappa shape index (κ2) is 7.06. The summed E-state index contributed by atoms with van der Waals surface area (Å²) in [4.78, 5) is 0. The van der Waals surface area contributed by atoms with Crippen molar-refractivity contribution in [3.8, 4) is 0 Å². The van der Waals surface area contributed by atoms with Gasteiger partial charge < -0.3 is 9.11 Å². The molecule has 0 N–H and O–H groups in total. The minimum Gasteiger partial charge on any atom is -0.759 e. The number of aryl methyl sites for hydroxylation is 1. The molecular weight excluding hydrogens is 236 g/mol. The smallest absolute Gasteiger partial charge is 0.759 e. The molecule has 1 rings (SSSR count). The molecule has 0 aliphatic heterocycles. The average molecular weight is 244 g/mol. The molecule has 0 bridgehead atoms. The van der Waals surface area contributed by atoms with Gasteiger partial charge in [-0.2, -0.15) is 0 Å². The Labute approximate surface area is 88.0 Å². The summed E-state index contributed by atoms with van der Waals surface area (Å²) in [6.07, 6.45) is 0. The van der Waals surface area contributed by atoms with Gasteiger partial charge >= 0.3 is 17.1 Å². The fourth-order valence-corrected chi connectivity index (χ4v) is 0.534. The van der Waals surface area contributed by atoms with Gasteiger partial charge in [0, 0.05) is 10.4 Å². The summed E-state index contributed by atoms with van der Waals surface area (Å²) < 4.78 is 34.1. The van der Waals surface area contributed by atoms with Crippen molar-refractivity contribution in [3.05, 3.63) is 35.9 Å². The largest absolute Gasteiger partial charge is 2.00 e. The molecule has 13 heavy (non-hydrogen) atoms. The van der Waals surface area contributed by atoms with E-state index >= 15 is 0 Å². The fourth-order valence-electron chi connectivity index (χ4n) is 0.534. The summed E-state index contributed by atoms with van der Waals surface area (Å²) in [6.45, 7) is 2.08. The second-order valence-electron chi connectivity index (χ2n) is 2.06.